The largest absolute Gasteiger partial charge is 0.468 e. The fourth-order valence-electron chi connectivity index (χ4n) is 6.44. The lowest BCUT2D eigenvalue weighted by Crippen LogP contribution is -2.71. The number of nitrogens with zero attached hydrogens (tertiary/aromatic N) is 1. The molecule has 1 aromatic carbocycles. The molecule has 1 aromatic heterocycles. The summed E-state index contributed by atoms with van der Waals surface area (Å²) in [6.45, 7) is 4.43. The van der Waals surface area contributed by atoms with E-state index in [9.17, 15) is 4.79 Å². The van der Waals surface area contributed by atoms with Crippen LogP contribution >= 0.6 is 0 Å². The van der Waals surface area contributed by atoms with Crippen molar-refractivity contribution in [3.63, 3.8) is 0 Å². The van der Waals surface area contributed by atoms with Crippen molar-refractivity contribution in [2.75, 3.05) is 27.2 Å². The molecule has 4 unspecified atom stereocenters. The van der Waals surface area contributed by atoms with Crippen LogP contribution in [0.3, 0.4) is 0 Å². The van der Waals surface area contributed by atoms with Crippen LogP contribution in [0.15, 0.2) is 35.9 Å². The SMILES string of the molecule is CCC1=CC2CC3(C(=O)OC)c4[nH]c5ccccc5c4CC[N+](C)(C2)C13. The highest BCUT2D eigenvalue weighted by atomic mass is 16.5. The van der Waals surface area contributed by atoms with Crippen molar-refractivity contribution in [1.82, 2.24) is 4.98 Å². The van der Waals surface area contributed by atoms with Crippen molar-refractivity contribution in [2.24, 2.45) is 5.92 Å². The number of hydrogen-bond acceptors (Lipinski definition) is 2. The number of carbonyl (C=O) groups is 1. The van der Waals surface area contributed by atoms with Crippen LogP contribution in [0.2, 0.25) is 0 Å². The minimum Gasteiger partial charge on any atom is -0.468 e. The number of methoxy groups -OCH3 is 1. The molecule has 0 saturated carbocycles. The Balaban J connectivity index is 1.86. The highest BCUT2D eigenvalue weighted by molar-refractivity contribution is 5.92. The molecule has 136 valence electrons. The van der Waals surface area contributed by atoms with Gasteiger partial charge in [0, 0.05) is 28.9 Å². The Morgan fingerprint density at radius 2 is 2.19 bits per heavy atom. The molecule has 26 heavy (non-hydrogen) atoms. The van der Waals surface area contributed by atoms with Gasteiger partial charge in [0.1, 0.15) is 6.04 Å². The first-order valence-electron chi connectivity index (χ1n) is 9.77. The number of ether oxygens (including phenoxy) is 1. The fraction of sp³-hybridized carbons (Fsp3) is 0.500. The van der Waals surface area contributed by atoms with Gasteiger partial charge in [0.2, 0.25) is 0 Å². The Morgan fingerprint density at radius 1 is 1.38 bits per heavy atom. The van der Waals surface area contributed by atoms with Gasteiger partial charge in [-0.2, -0.15) is 0 Å². The summed E-state index contributed by atoms with van der Waals surface area (Å²) in [5, 5.41) is 1.27. The van der Waals surface area contributed by atoms with Crippen molar-refractivity contribution < 1.29 is 14.0 Å². The quantitative estimate of drug-likeness (QED) is 0.512. The molecular formula is C22H27N2O2+. The number of rotatable bonds is 2. The number of piperidine rings is 1. The zero-order valence-corrected chi connectivity index (χ0v) is 15.8. The number of para-hydroxylation sites is 1. The normalized spacial score (nSPS) is 35.0. The molecule has 4 heterocycles. The van der Waals surface area contributed by atoms with E-state index in [4.69, 9.17) is 4.74 Å². The number of nitrogens with one attached hydrogen (secondary N) is 1. The Morgan fingerprint density at radius 3 is 2.96 bits per heavy atom. The van der Waals surface area contributed by atoms with E-state index < -0.39 is 5.41 Å². The number of likely N-dealkylation sites (N-methyl/N-ethyl adjacent to an activating group) is 1. The number of aromatic nitrogens is 1. The zero-order valence-electron chi connectivity index (χ0n) is 15.8. The maximum atomic E-state index is 13.4. The molecule has 4 bridgehead atoms. The third-order valence-electron chi connectivity index (χ3n) is 7.22. The average molecular weight is 351 g/mol. The van der Waals surface area contributed by atoms with Gasteiger partial charge in [-0.25, -0.2) is 0 Å². The van der Waals surface area contributed by atoms with Crippen LogP contribution in [0.1, 0.15) is 31.0 Å². The van der Waals surface area contributed by atoms with Gasteiger partial charge in [-0.3, -0.25) is 4.79 Å². The fourth-order valence-corrected chi connectivity index (χ4v) is 6.44. The van der Waals surface area contributed by atoms with Gasteiger partial charge in [-0.15, -0.1) is 0 Å². The third kappa shape index (κ3) is 1.81. The maximum absolute atomic E-state index is 13.4. The second-order valence-corrected chi connectivity index (χ2v) is 8.58. The number of fused-ring (bicyclic) bond motifs is 3. The van der Waals surface area contributed by atoms with Crippen molar-refractivity contribution in [2.45, 2.75) is 37.6 Å². The smallest absolute Gasteiger partial charge is 0.324 e. The lowest BCUT2D eigenvalue weighted by Gasteiger charge is -2.57. The summed E-state index contributed by atoms with van der Waals surface area (Å²) < 4.78 is 6.42. The number of H-pyrrole nitrogens is 1. The second kappa shape index (κ2) is 5.23. The summed E-state index contributed by atoms with van der Waals surface area (Å²) in [6.07, 6.45) is 5.33. The molecule has 0 amide bonds. The Bertz CT molecular complexity index is 943. The molecule has 1 fully saturated rings. The first-order chi connectivity index (χ1) is 12.5. The van der Waals surface area contributed by atoms with E-state index in [1.165, 1.54) is 16.5 Å². The molecule has 3 aliphatic heterocycles. The number of aromatic amines is 1. The summed E-state index contributed by atoms with van der Waals surface area (Å²) in [5.74, 6) is 0.377. The van der Waals surface area contributed by atoms with E-state index in [1.807, 2.05) is 0 Å². The predicted octanol–water partition coefficient (Wildman–Crippen LogP) is 3.32. The molecule has 0 radical (unpaired) electrons. The molecule has 0 spiro atoms. The van der Waals surface area contributed by atoms with Crippen LogP contribution in [0.5, 0.6) is 0 Å². The molecule has 1 N–H and O–H groups in total. The van der Waals surface area contributed by atoms with Gasteiger partial charge >= 0.3 is 5.97 Å². The van der Waals surface area contributed by atoms with E-state index in [2.05, 4.69) is 49.3 Å². The standard InChI is InChI=1S/C22H27N2O2/c1-4-15-11-14-12-22(21(25)26-3)19-17(9-10-24(2,13-14)20(15)22)16-7-5-6-8-18(16)23-19/h5-8,11,14,20,23H,4,9-10,12-13H2,1-3H3/q+1. The number of carbonyl (C=O) groups excluding carboxylic acids is 1. The van der Waals surface area contributed by atoms with E-state index in [0.717, 1.165) is 48.0 Å². The van der Waals surface area contributed by atoms with E-state index in [0.29, 0.717) is 5.92 Å². The Labute approximate surface area is 154 Å². The minimum atomic E-state index is -0.586. The van der Waals surface area contributed by atoms with Crippen molar-refractivity contribution in [3.05, 3.63) is 47.2 Å². The number of hydrogen-bond donors (Lipinski definition) is 1. The molecule has 1 aliphatic carbocycles. The van der Waals surface area contributed by atoms with Gasteiger partial charge in [0.05, 0.1) is 27.2 Å². The van der Waals surface area contributed by atoms with Gasteiger partial charge in [0.15, 0.2) is 5.41 Å². The van der Waals surface area contributed by atoms with Crippen LogP contribution in [-0.2, 0) is 21.4 Å². The molecular weight excluding hydrogens is 324 g/mol. The van der Waals surface area contributed by atoms with Crippen molar-refractivity contribution in [1.29, 1.82) is 0 Å². The molecule has 4 heteroatoms. The lowest BCUT2D eigenvalue weighted by molar-refractivity contribution is -0.941. The first kappa shape index (κ1) is 16.1. The lowest BCUT2D eigenvalue weighted by atomic mass is 9.59. The van der Waals surface area contributed by atoms with Crippen LogP contribution in [-0.4, -0.2) is 48.7 Å². The van der Waals surface area contributed by atoms with Crippen molar-refractivity contribution in [3.8, 4) is 0 Å². The van der Waals surface area contributed by atoms with Gasteiger partial charge in [-0.1, -0.05) is 31.2 Å². The summed E-state index contributed by atoms with van der Waals surface area (Å²) in [7, 11) is 3.90. The molecule has 4 atom stereocenters. The zero-order chi connectivity index (χ0) is 18.1. The Hall–Kier alpha value is -2.07. The third-order valence-corrected chi connectivity index (χ3v) is 7.22. The molecule has 4 nitrogen and oxygen atoms in total. The number of esters is 1. The van der Waals surface area contributed by atoms with Gasteiger partial charge in [0.25, 0.3) is 0 Å². The first-order valence-corrected chi connectivity index (χ1v) is 9.77. The van der Waals surface area contributed by atoms with E-state index >= 15 is 0 Å². The van der Waals surface area contributed by atoms with Crippen molar-refractivity contribution >= 4 is 16.9 Å². The summed E-state index contributed by atoms with van der Waals surface area (Å²) >= 11 is 0. The van der Waals surface area contributed by atoms with E-state index in [-0.39, 0.29) is 12.0 Å². The highest BCUT2D eigenvalue weighted by Gasteiger charge is 2.66. The number of quaternary nitrogens is 1. The molecule has 1 saturated heterocycles. The topological polar surface area (TPSA) is 42.1 Å². The molecule has 6 rings (SSSR count). The second-order valence-electron chi connectivity index (χ2n) is 8.58. The monoisotopic (exact) mass is 351 g/mol. The van der Waals surface area contributed by atoms with Gasteiger partial charge < -0.3 is 14.2 Å². The van der Waals surface area contributed by atoms with E-state index in [1.54, 1.807) is 7.11 Å². The van der Waals surface area contributed by atoms with Crippen LogP contribution in [0.4, 0.5) is 0 Å². The predicted molar refractivity (Wildman–Crippen MR) is 102 cm³/mol. The maximum Gasteiger partial charge on any atom is 0.324 e. The summed E-state index contributed by atoms with van der Waals surface area (Å²) in [4.78, 5) is 17.1. The molecule has 2 aromatic rings. The van der Waals surface area contributed by atoms with Gasteiger partial charge in [-0.05, 0) is 30.0 Å². The number of benzene rings is 1. The van der Waals surface area contributed by atoms with Crippen LogP contribution < -0.4 is 0 Å². The minimum absolute atomic E-state index is 0.0645. The Kier molecular flexibility index (Phi) is 3.24. The highest BCUT2D eigenvalue weighted by Crippen LogP contribution is 2.55. The summed E-state index contributed by atoms with van der Waals surface area (Å²) in [6, 6.07) is 8.65. The average Bonchev–Trinajstić information content (AvgIpc) is 3.00. The molecule has 4 aliphatic rings. The summed E-state index contributed by atoms with van der Waals surface area (Å²) in [5.41, 5.74) is 4.45. The van der Waals surface area contributed by atoms with Crippen LogP contribution in [0, 0.1) is 5.92 Å². The van der Waals surface area contributed by atoms with Crippen LogP contribution in [0.25, 0.3) is 10.9 Å².